The van der Waals surface area contributed by atoms with Crippen LogP contribution in [0.5, 0.6) is 0 Å². The molecule has 1 N–H and O–H groups in total. The fourth-order valence-electron chi connectivity index (χ4n) is 3.07. The molecule has 0 aromatic heterocycles. The largest absolute Gasteiger partial charge is 0.330 e. The summed E-state index contributed by atoms with van der Waals surface area (Å²) in [6, 6.07) is -0.590. The second kappa shape index (κ2) is 4.84. The van der Waals surface area contributed by atoms with Gasteiger partial charge in [-0.1, -0.05) is 12.8 Å². The van der Waals surface area contributed by atoms with Gasteiger partial charge in [0.25, 0.3) is 0 Å². The summed E-state index contributed by atoms with van der Waals surface area (Å²) in [6.07, 6.45) is 4.13. The Morgan fingerprint density at radius 2 is 1.70 bits per heavy atom. The van der Waals surface area contributed by atoms with E-state index in [1.807, 2.05) is 14.1 Å². The van der Waals surface area contributed by atoms with Crippen LogP contribution in [0.1, 0.15) is 39.5 Å². The Bertz CT molecular complexity index is 451. The van der Waals surface area contributed by atoms with Crippen molar-refractivity contribution < 1.29 is 14.4 Å². The number of nitrogens with one attached hydrogen (secondary N) is 1. The fourth-order valence-corrected chi connectivity index (χ4v) is 3.07. The molecule has 1 aliphatic heterocycles. The van der Waals surface area contributed by atoms with Gasteiger partial charge in [-0.05, 0) is 40.8 Å². The maximum Gasteiger partial charge on any atom is 0.330 e. The molecule has 1 saturated carbocycles. The first-order valence-electron chi connectivity index (χ1n) is 7.05. The van der Waals surface area contributed by atoms with Crippen LogP contribution in [0.4, 0.5) is 4.79 Å². The predicted molar refractivity (Wildman–Crippen MR) is 73.9 cm³/mol. The van der Waals surface area contributed by atoms with Gasteiger partial charge in [-0.25, -0.2) is 4.79 Å². The Hall–Kier alpha value is -1.43. The van der Waals surface area contributed by atoms with E-state index in [2.05, 4.69) is 10.2 Å². The molecule has 1 heterocycles. The van der Waals surface area contributed by atoms with Crippen molar-refractivity contribution in [2.75, 3.05) is 20.6 Å². The van der Waals surface area contributed by atoms with Crippen LogP contribution in [0.2, 0.25) is 0 Å². The van der Waals surface area contributed by atoms with E-state index >= 15 is 0 Å². The highest BCUT2D eigenvalue weighted by Gasteiger charge is 2.50. The highest BCUT2D eigenvalue weighted by atomic mass is 16.2. The Kier molecular flexibility index (Phi) is 3.62. The van der Waals surface area contributed by atoms with E-state index in [4.69, 9.17) is 0 Å². The van der Waals surface area contributed by atoms with Gasteiger partial charge in [0.15, 0.2) is 0 Å². The van der Waals surface area contributed by atoms with Crippen LogP contribution < -0.4 is 5.32 Å². The summed E-state index contributed by atoms with van der Waals surface area (Å²) < 4.78 is 0. The van der Waals surface area contributed by atoms with Crippen molar-refractivity contribution in [3.63, 3.8) is 0 Å². The maximum absolute atomic E-state index is 12.4. The summed E-state index contributed by atoms with van der Waals surface area (Å²) in [6.45, 7) is 3.46. The van der Waals surface area contributed by atoms with Gasteiger partial charge in [-0.2, -0.15) is 0 Å². The monoisotopic (exact) mass is 281 g/mol. The average Bonchev–Trinajstić information content (AvgIpc) is 2.83. The molecule has 0 bridgehead atoms. The van der Waals surface area contributed by atoms with Gasteiger partial charge in [-0.3, -0.25) is 19.8 Å². The van der Waals surface area contributed by atoms with E-state index in [-0.39, 0.29) is 5.54 Å². The molecule has 0 spiro atoms. The second-order valence-corrected chi connectivity index (χ2v) is 6.60. The van der Waals surface area contributed by atoms with Gasteiger partial charge in [-0.15, -0.1) is 0 Å². The molecule has 0 aromatic rings. The Morgan fingerprint density at radius 1 is 1.15 bits per heavy atom. The Balaban J connectivity index is 2.25. The number of nitrogens with zero attached hydrogens (tertiary/aromatic N) is 2. The SMILES string of the molecule is CN(C)C1(CN2C(=O)NC(=O)C(C)(C)C2=O)CCCC1. The van der Waals surface area contributed by atoms with E-state index in [0.717, 1.165) is 25.7 Å². The molecule has 2 aliphatic rings. The molecule has 112 valence electrons. The summed E-state index contributed by atoms with van der Waals surface area (Å²) in [5.41, 5.74) is -1.34. The van der Waals surface area contributed by atoms with Gasteiger partial charge in [0.2, 0.25) is 11.8 Å². The lowest BCUT2D eigenvalue weighted by molar-refractivity contribution is -0.150. The molecule has 2 fully saturated rings. The quantitative estimate of drug-likeness (QED) is 0.782. The van der Waals surface area contributed by atoms with Crippen LogP contribution in [0.15, 0.2) is 0 Å². The molecular weight excluding hydrogens is 258 g/mol. The molecule has 6 heteroatoms. The summed E-state index contributed by atoms with van der Waals surface area (Å²) >= 11 is 0. The zero-order valence-electron chi connectivity index (χ0n) is 12.7. The van der Waals surface area contributed by atoms with E-state index in [1.54, 1.807) is 13.8 Å². The second-order valence-electron chi connectivity index (χ2n) is 6.60. The van der Waals surface area contributed by atoms with Gasteiger partial charge in [0.05, 0.1) is 0 Å². The fraction of sp³-hybridized carbons (Fsp3) is 0.786. The van der Waals surface area contributed by atoms with Crippen molar-refractivity contribution in [3.8, 4) is 0 Å². The van der Waals surface area contributed by atoms with E-state index in [0.29, 0.717) is 6.54 Å². The van der Waals surface area contributed by atoms with E-state index < -0.39 is 23.3 Å². The zero-order valence-corrected chi connectivity index (χ0v) is 12.7. The highest BCUT2D eigenvalue weighted by molar-refractivity contribution is 6.18. The maximum atomic E-state index is 12.4. The van der Waals surface area contributed by atoms with E-state index in [9.17, 15) is 14.4 Å². The van der Waals surface area contributed by atoms with Crippen LogP contribution in [-0.2, 0) is 9.59 Å². The number of hydrogen-bond donors (Lipinski definition) is 1. The number of hydrogen-bond acceptors (Lipinski definition) is 4. The molecule has 4 amide bonds. The molecular formula is C14H23N3O3. The third kappa shape index (κ3) is 2.22. The molecule has 6 nitrogen and oxygen atoms in total. The predicted octanol–water partition coefficient (Wildman–Crippen LogP) is 0.965. The summed E-state index contributed by atoms with van der Waals surface area (Å²) in [4.78, 5) is 39.5. The molecule has 20 heavy (non-hydrogen) atoms. The van der Waals surface area contributed by atoms with Crippen LogP contribution in [0, 0.1) is 5.41 Å². The van der Waals surface area contributed by atoms with Crippen LogP contribution in [0.25, 0.3) is 0 Å². The van der Waals surface area contributed by atoms with Crippen molar-refractivity contribution in [3.05, 3.63) is 0 Å². The number of barbiturate groups is 1. The topological polar surface area (TPSA) is 69.7 Å². The molecule has 1 aliphatic carbocycles. The van der Waals surface area contributed by atoms with Crippen LogP contribution >= 0.6 is 0 Å². The van der Waals surface area contributed by atoms with Gasteiger partial charge >= 0.3 is 6.03 Å². The minimum Gasteiger partial charge on any atom is -0.302 e. The molecule has 2 rings (SSSR count). The highest BCUT2D eigenvalue weighted by Crippen LogP contribution is 2.36. The third-order valence-corrected chi connectivity index (χ3v) is 4.75. The van der Waals surface area contributed by atoms with Crippen molar-refractivity contribution in [2.24, 2.45) is 5.41 Å². The lowest BCUT2D eigenvalue weighted by Crippen LogP contribution is -2.65. The Labute approximate surface area is 119 Å². The number of imide groups is 2. The smallest absolute Gasteiger partial charge is 0.302 e. The van der Waals surface area contributed by atoms with Crippen LogP contribution in [-0.4, -0.2) is 53.8 Å². The first kappa shape index (κ1) is 15.0. The third-order valence-electron chi connectivity index (χ3n) is 4.75. The minimum atomic E-state index is -1.18. The standard InChI is InChI=1S/C14H23N3O3/c1-13(2)10(18)15-12(20)17(11(13)19)9-14(16(3)4)7-5-6-8-14/h5-9H2,1-4H3,(H,15,18,20). The van der Waals surface area contributed by atoms with Gasteiger partial charge in [0.1, 0.15) is 5.41 Å². The molecule has 1 saturated heterocycles. The molecule has 0 unspecified atom stereocenters. The summed E-state index contributed by atoms with van der Waals surface area (Å²) in [5.74, 6) is -0.923. The average molecular weight is 281 g/mol. The van der Waals surface area contributed by atoms with Crippen molar-refractivity contribution in [2.45, 2.75) is 45.1 Å². The number of amides is 4. The first-order chi connectivity index (χ1) is 9.20. The Morgan fingerprint density at radius 3 is 2.20 bits per heavy atom. The summed E-state index contributed by atoms with van der Waals surface area (Å²) in [7, 11) is 3.96. The summed E-state index contributed by atoms with van der Waals surface area (Å²) in [5, 5.41) is 2.29. The van der Waals surface area contributed by atoms with Gasteiger partial charge < -0.3 is 4.90 Å². The minimum absolute atomic E-state index is 0.163. The molecule has 0 aromatic carbocycles. The molecule has 0 radical (unpaired) electrons. The normalized spacial score (nSPS) is 25.2. The van der Waals surface area contributed by atoms with Gasteiger partial charge in [0, 0.05) is 12.1 Å². The first-order valence-corrected chi connectivity index (χ1v) is 7.05. The number of likely N-dealkylation sites (N-methyl/N-ethyl adjacent to an activating group) is 1. The van der Waals surface area contributed by atoms with Crippen molar-refractivity contribution >= 4 is 17.8 Å². The molecule has 0 atom stereocenters. The number of rotatable bonds is 3. The lowest BCUT2D eigenvalue weighted by atomic mass is 9.87. The lowest BCUT2D eigenvalue weighted by Gasteiger charge is -2.43. The van der Waals surface area contributed by atoms with E-state index in [1.165, 1.54) is 4.90 Å². The van der Waals surface area contributed by atoms with Crippen molar-refractivity contribution in [1.82, 2.24) is 15.1 Å². The number of carbonyl (C=O) groups is 3. The van der Waals surface area contributed by atoms with Crippen molar-refractivity contribution in [1.29, 1.82) is 0 Å². The number of carbonyl (C=O) groups excluding carboxylic acids is 3. The van der Waals surface area contributed by atoms with Crippen LogP contribution in [0.3, 0.4) is 0 Å². The number of urea groups is 1. The zero-order chi connectivity index (χ0) is 15.1.